The van der Waals surface area contributed by atoms with Gasteiger partial charge in [0.2, 0.25) is 5.24 Å². The Kier molecular flexibility index (Phi) is 11.1. The fraction of sp³-hybridized carbons (Fsp3) is 0.833. The summed E-state index contributed by atoms with van der Waals surface area (Å²) in [6, 6.07) is 2.15. The second-order valence-electron chi connectivity index (χ2n) is 3.84. The van der Waals surface area contributed by atoms with E-state index in [2.05, 4.69) is 6.07 Å². The lowest BCUT2D eigenvalue weighted by molar-refractivity contribution is -0.111. The molecule has 3 heteroatoms. The minimum Gasteiger partial charge on any atom is -0.281 e. The zero-order chi connectivity index (χ0) is 11.4. The third-order valence-electron chi connectivity index (χ3n) is 2.41. The summed E-state index contributed by atoms with van der Waals surface area (Å²) < 4.78 is 0. The van der Waals surface area contributed by atoms with E-state index < -0.39 is 0 Å². The van der Waals surface area contributed by atoms with Crippen LogP contribution in [0.4, 0.5) is 0 Å². The van der Waals surface area contributed by atoms with E-state index in [4.69, 9.17) is 16.9 Å². The maximum absolute atomic E-state index is 10.4. The highest BCUT2D eigenvalue weighted by molar-refractivity contribution is 6.63. The highest BCUT2D eigenvalue weighted by Gasteiger charge is 1.96. The van der Waals surface area contributed by atoms with Gasteiger partial charge >= 0.3 is 0 Å². The van der Waals surface area contributed by atoms with Gasteiger partial charge in [0.05, 0.1) is 6.07 Å². The number of hydrogen-bond donors (Lipinski definition) is 0. The van der Waals surface area contributed by atoms with Gasteiger partial charge in [-0.25, -0.2) is 0 Å². The quantitative estimate of drug-likeness (QED) is 0.417. The van der Waals surface area contributed by atoms with Crippen LogP contribution in [0.15, 0.2) is 0 Å². The van der Waals surface area contributed by atoms with Crippen LogP contribution in [0, 0.1) is 11.3 Å². The fourth-order valence-electron chi connectivity index (χ4n) is 1.53. The Balaban J connectivity index is 2.93. The minimum atomic E-state index is -0.216. The lowest BCUT2D eigenvalue weighted by atomic mass is 10.1. The highest BCUT2D eigenvalue weighted by Crippen LogP contribution is 2.10. The predicted molar refractivity (Wildman–Crippen MR) is 62.6 cm³/mol. The third-order valence-corrected chi connectivity index (χ3v) is 2.60. The van der Waals surface area contributed by atoms with Gasteiger partial charge in [-0.3, -0.25) is 4.79 Å². The van der Waals surface area contributed by atoms with Crippen LogP contribution in [-0.2, 0) is 4.79 Å². The number of halogens is 1. The topological polar surface area (TPSA) is 40.9 Å². The second kappa shape index (κ2) is 11.5. The molecule has 2 nitrogen and oxygen atoms in total. The van der Waals surface area contributed by atoms with Gasteiger partial charge in [0.1, 0.15) is 0 Å². The molecule has 0 fully saturated rings. The predicted octanol–water partition coefficient (Wildman–Crippen LogP) is 4.18. The molecule has 0 rings (SSSR count). The van der Waals surface area contributed by atoms with Crippen molar-refractivity contribution in [1.29, 1.82) is 5.26 Å². The monoisotopic (exact) mass is 229 g/mol. The molecule has 0 heterocycles. The first kappa shape index (κ1) is 14.5. The van der Waals surface area contributed by atoms with Crippen molar-refractivity contribution < 1.29 is 4.79 Å². The molecular formula is C12H20ClNO. The number of unbranched alkanes of at least 4 members (excludes halogenated alkanes) is 8. The van der Waals surface area contributed by atoms with Gasteiger partial charge < -0.3 is 0 Å². The van der Waals surface area contributed by atoms with Gasteiger partial charge in [0.25, 0.3) is 0 Å². The van der Waals surface area contributed by atoms with Gasteiger partial charge in [0, 0.05) is 12.8 Å². The Morgan fingerprint density at radius 3 is 1.87 bits per heavy atom. The molecule has 0 aromatic rings. The summed E-state index contributed by atoms with van der Waals surface area (Å²) >= 11 is 5.22. The van der Waals surface area contributed by atoms with Crippen molar-refractivity contribution in [3.63, 3.8) is 0 Å². The Bertz CT molecular complexity index is 198. The van der Waals surface area contributed by atoms with Gasteiger partial charge in [-0.2, -0.15) is 5.26 Å². The van der Waals surface area contributed by atoms with Crippen LogP contribution in [0.25, 0.3) is 0 Å². The molecule has 0 aromatic carbocycles. The maximum Gasteiger partial charge on any atom is 0.221 e. The number of rotatable bonds is 10. The maximum atomic E-state index is 10.4. The first-order valence-electron chi connectivity index (χ1n) is 5.82. The van der Waals surface area contributed by atoms with Crippen molar-refractivity contribution in [2.45, 2.75) is 64.2 Å². The Morgan fingerprint density at radius 2 is 1.40 bits per heavy atom. The number of hydrogen-bond acceptors (Lipinski definition) is 2. The first-order valence-corrected chi connectivity index (χ1v) is 6.20. The molecular weight excluding hydrogens is 210 g/mol. The van der Waals surface area contributed by atoms with Crippen molar-refractivity contribution in [3.8, 4) is 6.07 Å². The van der Waals surface area contributed by atoms with Crippen LogP contribution in [0.5, 0.6) is 0 Å². The normalized spacial score (nSPS) is 9.87. The molecule has 0 spiro atoms. The minimum absolute atomic E-state index is 0.216. The summed E-state index contributed by atoms with van der Waals surface area (Å²) in [5.74, 6) is 0. The Labute approximate surface area is 97.6 Å². The molecule has 0 N–H and O–H groups in total. The summed E-state index contributed by atoms with van der Waals surface area (Å²) in [6.45, 7) is 0. The van der Waals surface area contributed by atoms with E-state index in [9.17, 15) is 4.79 Å². The van der Waals surface area contributed by atoms with E-state index in [1.807, 2.05) is 0 Å². The van der Waals surface area contributed by atoms with Crippen molar-refractivity contribution >= 4 is 16.8 Å². The standard InChI is InChI=1S/C12H20ClNO/c13-12(15)10-8-6-4-2-1-3-5-7-9-11-14/h1-10H2. The summed E-state index contributed by atoms with van der Waals surface area (Å²) in [7, 11) is 0. The van der Waals surface area contributed by atoms with Crippen molar-refractivity contribution in [1.82, 2.24) is 0 Å². The molecule has 0 amide bonds. The van der Waals surface area contributed by atoms with Crippen LogP contribution in [-0.4, -0.2) is 5.24 Å². The summed E-state index contributed by atoms with van der Waals surface area (Å²) in [5, 5.41) is 8.11. The lowest BCUT2D eigenvalue weighted by Crippen LogP contribution is -1.86. The SMILES string of the molecule is N#CCCCCCCCCCCC(=O)Cl. The zero-order valence-corrected chi connectivity index (χ0v) is 10.1. The molecule has 0 aliphatic heterocycles. The molecule has 0 saturated heterocycles. The van der Waals surface area contributed by atoms with Crippen LogP contribution >= 0.6 is 11.6 Å². The Morgan fingerprint density at radius 1 is 0.933 bits per heavy atom. The third kappa shape index (κ3) is 13.4. The number of carbonyl (C=O) groups is 1. The molecule has 86 valence electrons. The van der Waals surface area contributed by atoms with Crippen LogP contribution in [0.2, 0.25) is 0 Å². The average molecular weight is 230 g/mol. The molecule has 15 heavy (non-hydrogen) atoms. The molecule has 0 aliphatic carbocycles. The smallest absolute Gasteiger partial charge is 0.221 e. The lowest BCUT2D eigenvalue weighted by Gasteiger charge is -2.00. The largest absolute Gasteiger partial charge is 0.281 e. The molecule has 0 atom stereocenters. The van der Waals surface area contributed by atoms with E-state index in [0.29, 0.717) is 12.8 Å². The van der Waals surface area contributed by atoms with Crippen molar-refractivity contribution in [3.05, 3.63) is 0 Å². The van der Waals surface area contributed by atoms with Crippen LogP contribution in [0.3, 0.4) is 0 Å². The van der Waals surface area contributed by atoms with Gasteiger partial charge in [-0.05, 0) is 24.4 Å². The summed E-state index contributed by atoms with van der Waals surface area (Å²) in [6.07, 6.45) is 10.4. The average Bonchev–Trinajstić information content (AvgIpc) is 2.20. The van der Waals surface area contributed by atoms with Gasteiger partial charge in [-0.1, -0.05) is 38.5 Å². The van der Waals surface area contributed by atoms with Crippen LogP contribution < -0.4 is 0 Å². The van der Waals surface area contributed by atoms with Crippen LogP contribution in [0.1, 0.15) is 64.2 Å². The van der Waals surface area contributed by atoms with E-state index in [-0.39, 0.29) is 5.24 Å². The van der Waals surface area contributed by atoms with Gasteiger partial charge in [0.15, 0.2) is 0 Å². The summed E-state index contributed by atoms with van der Waals surface area (Å²) in [4.78, 5) is 10.4. The molecule has 0 aliphatic rings. The van der Waals surface area contributed by atoms with E-state index in [1.54, 1.807) is 0 Å². The van der Waals surface area contributed by atoms with Crippen molar-refractivity contribution in [2.75, 3.05) is 0 Å². The number of carbonyl (C=O) groups excluding carboxylic acids is 1. The molecule has 0 unspecified atom stereocenters. The molecule has 0 bridgehead atoms. The summed E-state index contributed by atoms with van der Waals surface area (Å²) in [5.41, 5.74) is 0. The number of nitrogens with zero attached hydrogens (tertiary/aromatic N) is 1. The second-order valence-corrected chi connectivity index (χ2v) is 4.26. The van der Waals surface area contributed by atoms with Crippen molar-refractivity contribution in [2.24, 2.45) is 0 Å². The molecule has 0 aromatic heterocycles. The van der Waals surface area contributed by atoms with Gasteiger partial charge in [-0.15, -0.1) is 0 Å². The van der Waals surface area contributed by atoms with E-state index in [1.165, 1.54) is 32.1 Å². The van der Waals surface area contributed by atoms with E-state index >= 15 is 0 Å². The first-order chi connectivity index (χ1) is 7.27. The van der Waals surface area contributed by atoms with E-state index in [0.717, 1.165) is 19.3 Å². The number of nitriles is 1. The zero-order valence-electron chi connectivity index (χ0n) is 9.30. The molecule has 0 radical (unpaired) electrons. The molecule has 0 saturated carbocycles. The Hall–Kier alpha value is -0.550. The fourth-order valence-corrected chi connectivity index (χ4v) is 1.66. The highest BCUT2D eigenvalue weighted by atomic mass is 35.5.